The molecule has 1 atom stereocenters. The van der Waals surface area contributed by atoms with Crippen LogP contribution in [0.3, 0.4) is 0 Å². The second-order valence-corrected chi connectivity index (χ2v) is 7.51. The van der Waals surface area contributed by atoms with Gasteiger partial charge in [-0.3, -0.25) is 9.20 Å². The van der Waals surface area contributed by atoms with Gasteiger partial charge in [-0.25, -0.2) is 4.98 Å². The van der Waals surface area contributed by atoms with Gasteiger partial charge in [-0.2, -0.15) is 4.98 Å². The summed E-state index contributed by atoms with van der Waals surface area (Å²) in [4.78, 5) is 22.2. The van der Waals surface area contributed by atoms with Gasteiger partial charge in [0, 0.05) is 29.3 Å². The number of methoxy groups -OCH3 is 1. The van der Waals surface area contributed by atoms with Gasteiger partial charge in [0.25, 0.3) is 11.8 Å². The molecule has 1 amide bonds. The Morgan fingerprint density at radius 3 is 3.21 bits per heavy atom. The molecule has 0 saturated heterocycles. The first-order chi connectivity index (χ1) is 14.1. The molecular formula is C19H17N5O4S. The van der Waals surface area contributed by atoms with E-state index in [4.69, 9.17) is 14.0 Å². The van der Waals surface area contributed by atoms with E-state index >= 15 is 0 Å². The average Bonchev–Trinajstić information content (AvgIpc) is 3.48. The van der Waals surface area contributed by atoms with Crippen LogP contribution in [0.15, 0.2) is 34.3 Å². The number of benzene rings is 1. The molecule has 148 valence electrons. The third-order valence-corrected chi connectivity index (χ3v) is 5.70. The molecule has 10 heteroatoms. The summed E-state index contributed by atoms with van der Waals surface area (Å²) in [5.41, 5.74) is 3.17. The van der Waals surface area contributed by atoms with E-state index in [9.17, 15) is 4.79 Å². The van der Waals surface area contributed by atoms with E-state index < -0.39 is 0 Å². The standard InChI is InChI=1S/C19H17N5O4S/c1-10-9-29-19-20-6-14(24(10)19)18(25)21-13-7-27-15-5-11(3-4-12(13)15)17-22-16(8-26-2)28-23-17/h3-6,9,13H,7-8H2,1-2H3,(H,21,25)/t13-/m1/s1. The van der Waals surface area contributed by atoms with Crippen LogP contribution in [-0.4, -0.2) is 39.1 Å². The quantitative estimate of drug-likeness (QED) is 0.538. The average molecular weight is 411 g/mol. The van der Waals surface area contributed by atoms with Crippen LogP contribution in [0.1, 0.15) is 33.7 Å². The molecule has 0 radical (unpaired) electrons. The zero-order valence-corrected chi connectivity index (χ0v) is 16.5. The highest BCUT2D eigenvalue weighted by Crippen LogP contribution is 2.35. The Bertz CT molecular complexity index is 1210. The number of nitrogens with zero attached hydrogens (tertiary/aromatic N) is 4. The first-order valence-electron chi connectivity index (χ1n) is 8.95. The van der Waals surface area contributed by atoms with Gasteiger partial charge in [0.1, 0.15) is 24.7 Å². The summed E-state index contributed by atoms with van der Waals surface area (Å²) in [6.45, 7) is 2.57. The first kappa shape index (κ1) is 17.8. The van der Waals surface area contributed by atoms with Crippen LogP contribution >= 0.6 is 11.3 Å². The third-order valence-electron chi connectivity index (χ3n) is 4.74. The SMILES string of the molecule is COCc1nc(-c2ccc3c(c2)OC[C@H]3NC(=O)c2cnc3scc(C)n23)no1. The van der Waals surface area contributed by atoms with Crippen LogP contribution in [0.4, 0.5) is 0 Å². The van der Waals surface area contributed by atoms with E-state index in [0.717, 1.165) is 21.8 Å². The molecule has 1 aromatic carbocycles. The second kappa shape index (κ2) is 6.98. The van der Waals surface area contributed by atoms with Crippen LogP contribution in [0, 0.1) is 6.92 Å². The summed E-state index contributed by atoms with van der Waals surface area (Å²) in [6, 6.07) is 5.40. The smallest absolute Gasteiger partial charge is 0.270 e. The van der Waals surface area contributed by atoms with Crippen molar-refractivity contribution in [3.63, 3.8) is 0 Å². The molecule has 1 aliphatic heterocycles. The number of rotatable bonds is 5. The number of hydrogen-bond donors (Lipinski definition) is 1. The van der Waals surface area contributed by atoms with Crippen LogP contribution in [-0.2, 0) is 11.3 Å². The van der Waals surface area contributed by atoms with Crippen molar-refractivity contribution >= 4 is 22.2 Å². The molecule has 4 heterocycles. The van der Waals surface area contributed by atoms with E-state index in [0.29, 0.717) is 29.8 Å². The molecule has 0 fully saturated rings. The molecule has 0 spiro atoms. The van der Waals surface area contributed by atoms with E-state index in [-0.39, 0.29) is 18.6 Å². The molecule has 29 heavy (non-hydrogen) atoms. The molecule has 0 saturated carbocycles. The van der Waals surface area contributed by atoms with Crippen molar-refractivity contribution < 1.29 is 18.8 Å². The molecule has 4 aromatic rings. The number of imidazole rings is 1. The lowest BCUT2D eigenvalue weighted by Gasteiger charge is -2.11. The topological polar surface area (TPSA) is 104 Å². The van der Waals surface area contributed by atoms with Gasteiger partial charge in [-0.15, -0.1) is 11.3 Å². The van der Waals surface area contributed by atoms with Crippen molar-refractivity contribution in [1.29, 1.82) is 0 Å². The molecule has 5 rings (SSSR count). The minimum Gasteiger partial charge on any atom is -0.491 e. The lowest BCUT2D eigenvalue weighted by molar-refractivity contribution is 0.0924. The van der Waals surface area contributed by atoms with Gasteiger partial charge in [-0.05, 0) is 13.0 Å². The summed E-state index contributed by atoms with van der Waals surface area (Å²) < 4.78 is 17.8. The lowest BCUT2D eigenvalue weighted by atomic mass is 10.1. The number of carbonyl (C=O) groups is 1. The number of thiazole rings is 1. The molecule has 1 aliphatic rings. The highest BCUT2D eigenvalue weighted by atomic mass is 32.1. The second-order valence-electron chi connectivity index (χ2n) is 6.67. The Hall–Kier alpha value is -3.24. The van der Waals surface area contributed by atoms with Crippen molar-refractivity contribution in [3.05, 3.63) is 52.6 Å². The first-order valence-corrected chi connectivity index (χ1v) is 9.83. The summed E-state index contributed by atoms with van der Waals surface area (Å²) >= 11 is 1.51. The summed E-state index contributed by atoms with van der Waals surface area (Å²) in [6.07, 6.45) is 1.60. The van der Waals surface area contributed by atoms with E-state index in [1.807, 2.05) is 34.9 Å². The van der Waals surface area contributed by atoms with Crippen LogP contribution in [0.5, 0.6) is 5.75 Å². The molecule has 0 unspecified atom stereocenters. The van der Waals surface area contributed by atoms with Gasteiger partial charge in [0.2, 0.25) is 5.82 Å². The van der Waals surface area contributed by atoms with Crippen LogP contribution in [0.25, 0.3) is 16.3 Å². The number of amides is 1. The van der Waals surface area contributed by atoms with E-state index in [2.05, 4.69) is 20.4 Å². The zero-order chi connectivity index (χ0) is 20.0. The Morgan fingerprint density at radius 2 is 2.34 bits per heavy atom. The molecule has 0 bridgehead atoms. The fraction of sp³-hybridized carbons (Fsp3) is 0.263. The minimum atomic E-state index is -0.245. The minimum absolute atomic E-state index is 0.188. The highest BCUT2D eigenvalue weighted by Gasteiger charge is 2.28. The fourth-order valence-corrected chi connectivity index (χ4v) is 4.21. The third kappa shape index (κ3) is 3.06. The largest absolute Gasteiger partial charge is 0.491 e. The molecule has 3 aromatic heterocycles. The van der Waals surface area contributed by atoms with Crippen molar-refractivity contribution in [2.75, 3.05) is 13.7 Å². The van der Waals surface area contributed by atoms with Crippen LogP contribution < -0.4 is 10.1 Å². The number of aryl methyl sites for hydroxylation is 1. The lowest BCUT2D eigenvalue weighted by Crippen LogP contribution is -2.30. The molecule has 1 N–H and O–H groups in total. The van der Waals surface area contributed by atoms with Gasteiger partial charge < -0.3 is 19.3 Å². The fourth-order valence-electron chi connectivity index (χ4n) is 3.36. The summed E-state index contributed by atoms with van der Waals surface area (Å²) in [5, 5.41) is 8.98. The highest BCUT2D eigenvalue weighted by molar-refractivity contribution is 7.15. The molecular weight excluding hydrogens is 394 g/mol. The van der Waals surface area contributed by atoms with Crippen molar-refractivity contribution in [2.45, 2.75) is 19.6 Å². The van der Waals surface area contributed by atoms with Crippen molar-refractivity contribution in [2.24, 2.45) is 0 Å². The normalized spacial score (nSPS) is 15.4. The summed E-state index contributed by atoms with van der Waals surface area (Å²) in [7, 11) is 1.57. The van der Waals surface area contributed by atoms with E-state index in [1.54, 1.807) is 13.3 Å². The maximum atomic E-state index is 12.8. The summed E-state index contributed by atoms with van der Waals surface area (Å²) in [5.74, 6) is 1.37. The molecule has 9 nitrogen and oxygen atoms in total. The Kier molecular flexibility index (Phi) is 4.29. The van der Waals surface area contributed by atoms with Gasteiger partial charge >= 0.3 is 0 Å². The number of ether oxygens (including phenoxy) is 2. The number of fused-ring (bicyclic) bond motifs is 2. The predicted molar refractivity (Wildman–Crippen MR) is 104 cm³/mol. The van der Waals surface area contributed by atoms with Crippen LogP contribution in [0.2, 0.25) is 0 Å². The Labute approximate surface area is 169 Å². The van der Waals surface area contributed by atoms with Gasteiger partial charge in [-0.1, -0.05) is 17.3 Å². The number of hydrogen-bond acceptors (Lipinski definition) is 8. The monoisotopic (exact) mass is 411 g/mol. The van der Waals surface area contributed by atoms with Gasteiger partial charge in [0.05, 0.1) is 12.2 Å². The molecule has 0 aliphatic carbocycles. The van der Waals surface area contributed by atoms with Gasteiger partial charge in [0.15, 0.2) is 4.96 Å². The van der Waals surface area contributed by atoms with Crippen molar-refractivity contribution in [3.8, 4) is 17.1 Å². The number of aromatic nitrogens is 4. The van der Waals surface area contributed by atoms with E-state index in [1.165, 1.54) is 11.3 Å². The number of carbonyl (C=O) groups excluding carboxylic acids is 1. The number of nitrogens with one attached hydrogen (secondary N) is 1. The predicted octanol–water partition coefficient (Wildman–Crippen LogP) is 2.76. The maximum absolute atomic E-state index is 12.8. The Balaban J connectivity index is 1.37. The zero-order valence-electron chi connectivity index (χ0n) is 15.7. The maximum Gasteiger partial charge on any atom is 0.270 e. The van der Waals surface area contributed by atoms with Crippen molar-refractivity contribution in [1.82, 2.24) is 24.8 Å². The Morgan fingerprint density at radius 1 is 1.45 bits per heavy atom.